The Labute approximate surface area is 52.9 Å². The maximum atomic E-state index is 0. The molecule has 2 nitrogen and oxygen atoms in total. The van der Waals surface area contributed by atoms with Crippen molar-refractivity contribution < 1.29 is 52.9 Å². The standard InChI is InChI=1S/ClH2.Na.2H2O/h1H2;;2*1H2/q2*+1;;/p-2. The zero-order chi connectivity index (χ0) is 0. The Morgan fingerprint density at radius 3 is 0.750 bits per heavy atom. The van der Waals surface area contributed by atoms with Crippen LogP contribution in [0.25, 0.3) is 0 Å². The van der Waals surface area contributed by atoms with Gasteiger partial charge in [-0.3, -0.25) is 0 Å². The monoisotopic (exact) mass is 94.0 g/mol. The summed E-state index contributed by atoms with van der Waals surface area (Å²) in [6, 6.07) is 0. The molecule has 0 fully saturated rings. The Bertz CT molecular complexity index is 6.00. The number of rotatable bonds is 0. The van der Waals surface area contributed by atoms with Crippen molar-refractivity contribution in [3.63, 3.8) is 0 Å². The Morgan fingerprint density at radius 2 is 0.750 bits per heavy atom. The Kier molecular flexibility index (Phi) is 467. The fourth-order valence-electron chi connectivity index (χ4n) is 0. The summed E-state index contributed by atoms with van der Waals surface area (Å²) in [5, 5.41) is 0. The van der Waals surface area contributed by atoms with Gasteiger partial charge in [-0.15, -0.1) is 0 Å². The quantitative estimate of drug-likeness (QED) is 0.288. The summed E-state index contributed by atoms with van der Waals surface area (Å²) in [4.78, 5) is 0. The van der Waals surface area contributed by atoms with E-state index in [4.69, 9.17) is 0 Å². The van der Waals surface area contributed by atoms with Gasteiger partial charge in [-0.05, 0) is 0 Å². The minimum absolute atomic E-state index is 0. The summed E-state index contributed by atoms with van der Waals surface area (Å²) >= 11 is 0. The van der Waals surface area contributed by atoms with Crippen LogP contribution in [0.3, 0.4) is 0 Å². The number of hydrogen-bond acceptors (Lipinski definition) is 2. The molecular weight excluding hydrogens is 90.4 g/mol. The molecule has 0 atom stereocenters. The van der Waals surface area contributed by atoms with Gasteiger partial charge < -0.3 is 11.0 Å². The van der Waals surface area contributed by atoms with E-state index in [9.17, 15) is 0 Å². The van der Waals surface area contributed by atoms with Gasteiger partial charge in [0.2, 0.25) is 0 Å². The van der Waals surface area contributed by atoms with Gasteiger partial charge in [0, 0.05) is 0 Å². The maximum absolute atomic E-state index is 0. The van der Waals surface area contributed by atoms with Crippen LogP contribution >= 0.6 is 0 Å². The molecule has 0 bridgehead atoms. The summed E-state index contributed by atoms with van der Waals surface area (Å²) in [6.07, 6.45) is 0. The molecule has 0 aliphatic rings. The van der Waals surface area contributed by atoms with Gasteiger partial charge in [0.05, 0.1) is 12.4 Å². The molecule has 0 aromatic carbocycles. The Balaban J connectivity index is 0. The Hall–Kier alpha value is 1.21. The summed E-state index contributed by atoms with van der Waals surface area (Å²) in [5.74, 6) is 0. The molecule has 0 heterocycles. The van der Waals surface area contributed by atoms with Crippen LogP contribution in [0.5, 0.6) is 0 Å². The molecule has 0 aromatic heterocycles. The van der Waals surface area contributed by atoms with E-state index in [2.05, 4.69) is 0 Å². The molecule has 0 rings (SSSR count). The number of halogens is 1. The third-order valence-electron chi connectivity index (χ3n) is 0. The third-order valence-corrected chi connectivity index (χ3v) is 0. The molecule has 0 radical (unpaired) electrons. The van der Waals surface area contributed by atoms with Crippen molar-refractivity contribution in [2.24, 2.45) is 0 Å². The van der Waals surface area contributed by atoms with Gasteiger partial charge in [-0.1, -0.05) is 0 Å². The molecular formula is H4ClNaO2. The number of hydrogen-bond donors (Lipinski definition) is 0. The predicted molar refractivity (Wildman–Crippen MR) is 6.66 cm³/mol. The molecule has 2 N–H and O–H groups in total. The van der Waals surface area contributed by atoms with Crippen LogP contribution in [0.15, 0.2) is 0 Å². The molecule has 4 heteroatoms. The molecule has 0 aliphatic heterocycles. The van der Waals surface area contributed by atoms with Crippen LogP contribution in [0, 0.1) is 12.4 Å². The van der Waals surface area contributed by atoms with E-state index in [1.54, 1.807) is 0 Å². The van der Waals surface area contributed by atoms with E-state index in [-0.39, 0.29) is 52.9 Å². The van der Waals surface area contributed by atoms with Crippen molar-refractivity contribution in [2.75, 3.05) is 0 Å². The average Bonchev–Trinajstić information content (AvgIpc) is 0. The summed E-state index contributed by atoms with van der Waals surface area (Å²) in [6.45, 7) is 0. The van der Waals surface area contributed by atoms with Crippen molar-refractivity contribution in [2.45, 2.75) is 0 Å². The maximum Gasteiger partial charge on any atom is 1.00 e. The van der Waals surface area contributed by atoms with Gasteiger partial charge in [0.25, 0.3) is 0 Å². The van der Waals surface area contributed by atoms with Crippen LogP contribution in [0.2, 0.25) is 0 Å². The summed E-state index contributed by atoms with van der Waals surface area (Å²) < 4.78 is 0. The molecule has 4 heavy (non-hydrogen) atoms. The average molecular weight is 94.5 g/mol. The summed E-state index contributed by atoms with van der Waals surface area (Å²) in [7, 11) is 0. The zero-order valence-corrected chi connectivity index (χ0v) is 5.24. The Morgan fingerprint density at radius 1 is 0.750 bits per heavy atom. The minimum atomic E-state index is 0. The molecule has 0 saturated heterocycles. The van der Waals surface area contributed by atoms with Gasteiger partial charge in [0.15, 0.2) is 0 Å². The van der Waals surface area contributed by atoms with Gasteiger partial charge >= 0.3 is 29.6 Å². The van der Waals surface area contributed by atoms with Crippen molar-refractivity contribution in [1.82, 2.24) is 0 Å². The molecule has 24 valence electrons. The van der Waals surface area contributed by atoms with E-state index in [0.717, 1.165) is 0 Å². The molecule has 0 aromatic rings. The first-order chi connectivity index (χ1) is 0. The predicted octanol–water partition coefficient (Wildman–Crippen LogP) is -3.88. The van der Waals surface area contributed by atoms with Crippen LogP contribution < -0.4 is 29.6 Å². The van der Waals surface area contributed by atoms with E-state index in [1.807, 2.05) is 0 Å². The third kappa shape index (κ3) is 10.7. The zero-order valence-electron chi connectivity index (χ0n) is 2.34. The van der Waals surface area contributed by atoms with Crippen molar-refractivity contribution >= 4 is 0 Å². The van der Waals surface area contributed by atoms with Crippen LogP contribution in [0.1, 0.15) is 0 Å². The first-order valence-electron chi connectivity index (χ1n) is 0. The van der Waals surface area contributed by atoms with E-state index in [0.29, 0.717) is 0 Å². The fourth-order valence-corrected chi connectivity index (χ4v) is 0. The largest absolute Gasteiger partial charge is 1.00 e. The van der Waals surface area contributed by atoms with Crippen LogP contribution in [-0.2, 0) is 0 Å². The van der Waals surface area contributed by atoms with Gasteiger partial charge in [0.1, 0.15) is 0 Å². The normalized spacial score (nSPS) is 0. The van der Waals surface area contributed by atoms with Crippen molar-refractivity contribution in [3.05, 3.63) is 0 Å². The molecule has 0 unspecified atom stereocenters. The second-order valence-electron chi connectivity index (χ2n) is 0. The molecule has 0 amide bonds. The molecule has 0 spiro atoms. The van der Waals surface area contributed by atoms with Crippen LogP contribution in [-0.4, -0.2) is 11.0 Å². The first-order valence-corrected chi connectivity index (χ1v) is 0. The van der Waals surface area contributed by atoms with Crippen LogP contribution in [0.4, 0.5) is 0 Å². The minimum Gasteiger partial charge on any atom is -0.870 e. The van der Waals surface area contributed by atoms with Crippen molar-refractivity contribution in [1.29, 1.82) is 0 Å². The van der Waals surface area contributed by atoms with E-state index >= 15 is 0 Å². The second kappa shape index (κ2) is 29.6. The molecule has 0 saturated carbocycles. The SMILES string of the molecule is [ClH2+].[Na+].[OH-].[OH-]. The van der Waals surface area contributed by atoms with E-state index < -0.39 is 0 Å². The topological polar surface area (TPSA) is 60.0 Å². The fraction of sp³-hybridized carbons (Fsp3) is 0. The smallest absolute Gasteiger partial charge is 0.870 e. The van der Waals surface area contributed by atoms with Crippen molar-refractivity contribution in [3.8, 4) is 0 Å². The molecule has 0 aliphatic carbocycles. The van der Waals surface area contributed by atoms with E-state index in [1.165, 1.54) is 0 Å². The first kappa shape index (κ1) is 63.1. The summed E-state index contributed by atoms with van der Waals surface area (Å²) in [5.41, 5.74) is 0. The second-order valence-corrected chi connectivity index (χ2v) is 0. The van der Waals surface area contributed by atoms with Gasteiger partial charge in [-0.25, -0.2) is 0 Å². The van der Waals surface area contributed by atoms with Gasteiger partial charge in [-0.2, -0.15) is 0 Å².